The third kappa shape index (κ3) is 4.05. The molecule has 1 saturated heterocycles. The maximum Gasteiger partial charge on any atom is 0.332 e. The van der Waals surface area contributed by atoms with Crippen molar-refractivity contribution in [3.8, 4) is 10.4 Å². The fourth-order valence-electron chi connectivity index (χ4n) is 4.17. The number of hydrogen-bond donors (Lipinski definition) is 1. The molecule has 4 aromatic rings. The number of thiophene rings is 1. The van der Waals surface area contributed by atoms with Gasteiger partial charge < -0.3 is 9.73 Å². The van der Waals surface area contributed by atoms with Crippen molar-refractivity contribution in [3.05, 3.63) is 75.1 Å². The molecule has 0 bridgehead atoms. The number of fused-ring (bicyclic) bond motifs is 1. The van der Waals surface area contributed by atoms with Crippen LogP contribution in [0.25, 0.3) is 20.7 Å². The van der Waals surface area contributed by atoms with Crippen LogP contribution in [0.4, 0.5) is 0 Å². The van der Waals surface area contributed by atoms with Gasteiger partial charge in [0.05, 0.1) is 11.2 Å². The maximum absolute atomic E-state index is 13.6. The molecule has 5 rings (SSSR count). The van der Waals surface area contributed by atoms with E-state index in [1.807, 2.05) is 43.3 Å². The van der Waals surface area contributed by atoms with Gasteiger partial charge in [0.15, 0.2) is 0 Å². The highest BCUT2D eigenvalue weighted by molar-refractivity contribution is 7.22. The fourth-order valence-corrected chi connectivity index (χ4v) is 5.27. The van der Waals surface area contributed by atoms with Crippen LogP contribution >= 0.6 is 23.7 Å². The molecular weight excluding hydrogens is 448 g/mol. The van der Waals surface area contributed by atoms with Crippen molar-refractivity contribution < 1.29 is 4.42 Å². The molecule has 4 heterocycles. The van der Waals surface area contributed by atoms with Gasteiger partial charge in [-0.3, -0.25) is 13.9 Å². The molecule has 0 saturated carbocycles. The molecule has 0 aliphatic carbocycles. The van der Waals surface area contributed by atoms with E-state index in [9.17, 15) is 9.59 Å². The summed E-state index contributed by atoms with van der Waals surface area (Å²) in [5.74, 6) is 0.475. The summed E-state index contributed by atoms with van der Waals surface area (Å²) >= 11 is 1.44. The predicted molar refractivity (Wildman–Crippen MR) is 129 cm³/mol. The Labute approximate surface area is 195 Å². The van der Waals surface area contributed by atoms with E-state index in [1.165, 1.54) is 15.9 Å². The van der Waals surface area contributed by atoms with E-state index in [2.05, 4.69) is 10.3 Å². The Balaban J connectivity index is 0.00000245. The summed E-state index contributed by atoms with van der Waals surface area (Å²) in [7, 11) is 0. The van der Waals surface area contributed by atoms with Crippen LogP contribution in [-0.2, 0) is 13.0 Å². The number of benzene rings is 1. The molecule has 9 heteroatoms. The zero-order chi connectivity index (χ0) is 21.4. The number of nitrogens with zero attached hydrogens (tertiary/aromatic N) is 3. The van der Waals surface area contributed by atoms with E-state index in [1.54, 1.807) is 10.8 Å². The fraction of sp³-hybridized carbons (Fsp3) is 0.348. The van der Waals surface area contributed by atoms with Crippen LogP contribution in [0.3, 0.4) is 0 Å². The Kier molecular flexibility index (Phi) is 6.64. The molecule has 1 aromatic carbocycles. The molecule has 7 nitrogen and oxygen atoms in total. The lowest BCUT2D eigenvalue weighted by molar-refractivity contribution is 0.344. The molecule has 0 radical (unpaired) electrons. The summed E-state index contributed by atoms with van der Waals surface area (Å²) in [5.41, 5.74) is 2.02. The first kappa shape index (κ1) is 22.5. The van der Waals surface area contributed by atoms with Crippen LogP contribution in [0, 0.1) is 0 Å². The topological polar surface area (TPSA) is 82.1 Å². The van der Waals surface area contributed by atoms with E-state index in [0.717, 1.165) is 48.5 Å². The summed E-state index contributed by atoms with van der Waals surface area (Å²) < 4.78 is 9.30. The van der Waals surface area contributed by atoms with E-state index in [-0.39, 0.29) is 36.2 Å². The minimum absolute atomic E-state index is 0. The monoisotopic (exact) mass is 472 g/mol. The van der Waals surface area contributed by atoms with E-state index in [4.69, 9.17) is 4.42 Å². The van der Waals surface area contributed by atoms with Gasteiger partial charge in [0.1, 0.15) is 17.5 Å². The zero-order valence-corrected chi connectivity index (χ0v) is 19.4. The summed E-state index contributed by atoms with van der Waals surface area (Å²) in [6.07, 6.45) is 3.91. The quantitative estimate of drug-likeness (QED) is 0.477. The molecule has 0 unspecified atom stereocenters. The number of nitrogens with one attached hydrogen (secondary N) is 1. The third-order valence-electron chi connectivity index (χ3n) is 5.84. The van der Waals surface area contributed by atoms with Crippen molar-refractivity contribution >= 4 is 34.0 Å². The van der Waals surface area contributed by atoms with Gasteiger partial charge in [0, 0.05) is 10.9 Å². The second kappa shape index (κ2) is 9.44. The Bertz CT molecular complexity index is 1330. The van der Waals surface area contributed by atoms with Crippen molar-refractivity contribution in [3.63, 3.8) is 0 Å². The van der Waals surface area contributed by atoms with Crippen molar-refractivity contribution in [1.29, 1.82) is 0 Å². The molecule has 32 heavy (non-hydrogen) atoms. The molecule has 168 valence electrons. The van der Waals surface area contributed by atoms with Crippen molar-refractivity contribution in [1.82, 2.24) is 19.4 Å². The lowest BCUT2D eigenvalue weighted by Gasteiger charge is -2.24. The predicted octanol–water partition coefficient (Wildman–Crippen LogP) is 3.84. The second-order valence-electron chi connectivity index (χ2n) is 7.80. The average molecular weight is 473 g/mol. The number of piperidine rings is 1. The lowest BCUT2D eigenvalue weighted by Crippen LogP contribution is -2.45. The van der Waals surface area contributed by atoms with Crippen LogP contribution in [0.5, 0.6) is 0 Å². The molecule has 1 N–H and O–H groups in total. The van der Waals surface area contributed by atoms with Crippen molar-refractivity contribution in [2.75, 3.05) is 13.1 Å². The molecule has 1 fully saturated rings. The molecule has 0 atom stereocenters. The highest BCUT2D eigenvalue weighted by atomic mass is 35.5. The Morgan fingerprint density at radius 1 is 1.19 bits per heavy atom. The van der Waals surface area contributed by atoms with Gasteiger partial charge in [0.25, 0.3) is 5.56 Å². The van der Waals surface area contributed by atoms with E-state index >= 15 is 0 Å². The van der Waals surface area contributed by atoms with Crippen LogP contribution in [0.1, 0.15) is 37.4 Å². The Morgan fingerprint density at radius 2 is 1.94 bits per heavy atom. The number of halogens is 1. The summed E-state index contributed by atoms with van der Waals surface area (Å²) in [6, 6.07) is 11.8. The Morgan fingerprint density at radius 3 is 2.62 bits per heavy atom. The van der Waals surface area contributed by atoms with Crippen LogP contribution in [0.15, 0.2) is 56.7 Å². The zero-order valence-electron chi connectivity index (χ0n) is 17.7. The van der Waals surface area contributed by atoms with Crippen LogP contribution in [0.2, 0.25) is 0 Å². The highest BCUT2D eigenvalue weighted by Crippen LogP contribution is 2.32. The number of rotatable bonds is 5. The minimum Gasteiger partial charge on any atom is -0.447 e. The SMILES string of the molecule is CCc1coc(Cn2c(=O)n(C3CCNCC3)c(=O)c3sc(-c4ccccc4)cc32)n1.Cl. The average Bonchev–Trinajstić information content (AvgIpc) is 3.45. The van der Waals surface area contributed by atoms with Gasteiger partial charge in [0.2, 0.25) is 5.89 Å². The smallest absolute Gasteiger partial charge is 0.332 e. The van der Waals surface area contributed by atoms with Gasteiger partial charge in [-0.05, 0) is 44.0 Å². The van der Waals surface area contributed by atoms with Gasteiger partial charge in [-0.2, -0.15) is 0 Å². The lowest BCUT2D eigenvalue weighted by atomic mass is 10.1. The van der Waals surface area contributed by atoms with Crippen LogP contribution in [-0.4, -0.2) is 27.2 Å². The van der Waals surface area contributed by atoms with Crippen LogP contribution < -0.4 is 16.6 Å². The summed E-state index contributed by atoms with van der Waals surface area (Å²) in [5, 5.41) is 3.30. The number of aryl methyl sites for hydroxylation is 1. The minimum atomic E-state index is -0.293. The molecule has 0 spiro atoms. The standard InChI is InChI=1S/C23H24N4O3S.ClH/c1-2-16-14-30-20(25-16)13-26-18-12-19(15-6-4-3-5-7-15)31-21(18)22(28)27(23(26)29)17-8-10-24-11-9-17;/h3-7,12,14,17,24H,2,8-11,13H2,1H3;1H. The van der Waals surface area contributed by atoms with Crippen molar-refractivity contribution in [2.45, 2.75) is 38.8 Å². The number of aromatic nitrogens is 3. The largest absolute Gasteiger partial charge is 0.447 e. The van der Waals surface area contributed by atoms with Gasteiger partial charge in [-0.15, -0.1) is 23.7 Å². The Hall–Kier alpha value is -2.68. The first-order valence-electron chi connectivity index (χ1n) is 10.6. The molecule has 0 amide bonds. The van der Waals surface area contributed by atoms with Gasteiger partial charge in [-0.1, -0.05) is 37.3 Å². The normalized spacial score (nSPS) is 14.5. The van der Waals surface area contributed by atoms with E-state index in [0.29, 0.717) is 16.1 Å². The summed E-state index contributed by atoms with van der Waals surface area (Å²) in [4.78, 5) is 32.5. The first-order chi connectivity index (χ1) is 15.2. The highest BCUT2D eigenvalue weighted by Gasteiger charge is 2.24. The second-order valence-corrected chi connectivity index (χ2v) is 8.85. The number of oxazole rings is 1. The third-order valence-corrected chi connectivity index (χ3v) is 7.00. The molecular formula is C23H25ClN4O3S. The molecule has 3 aromatic heterocycles. The van der Waals surface area contributed by atoms with Gasteiger partial charge in [-0.25, -0.2) is 9.78 Å². The molecule has 1 aliphatic heterocycles. The number of hydrogen-bond acceptors (Lipinski definition) is 6. The summed E-state index contributed by atoms with van der Waals surface area (Å²) in [6.45, 7) is 3.81. The van der Waals surface area contributed by atoms with Gasteiger partial charge >= 0.3 is 5.69 Å². The molecule has 1 aliphatic rings. The van der Waals surface area contributed by atoms with Crippen molar-refractivity contribution in [2.24, 2.45) is 0 Å². The first-order valence-corrected chi connectivity index (χ1v) is 11.5. The van der Waals surface area contributed by atoms with E-state index < -0.39 is 0 Å². The maximum atomic E-state index is 13.6.